The molecule has 0 aromatic heterocycles. The molecule has 2 rings (SSSR count). The molecule has 0 unspecified atom stereocenters. The molecule has 1 saturated heterocycles. The fraction of sp³-hybridized carbons (Fsp3) is 0.364. The van der Waals surface area contributed by atoms with Crippen LogP contribution in [0.5, 0.6) is 0 Å². The summed E-state index contributed by atoms with van der Waals surface area (Å²) < 4.78 is 0. The summed E-state index contributed by atoms with van der Waals surface area (Å²) in [5.41, 5.74) is 3.93. The van der Waals surface area contributed by atoms with Gasteiger partial charge in [0, 0.05) is 32.4 Å². The summed E-state index contributed by atoms with van der Waals surface area (Å²) in [6, 6.07) is 7.61. The quantitative estimate of drug-likeness (QED) is 0.750. The fourth-order valence-corrected chi connectivity index (χ4v) is 1.81. The van der Waals surface area contributed by atoms with Crippen LogP contribution in [0.4, 0.5) is 10.5 Å². The molecule has 1 aliphatic rings. The molecule has 0 saturated carbocycles. The fourth-order valence-electron chi connectivity index (χ4n) is 1.81. The maximum atomic E-state index is 11.8. The molecule has 0 spiro atoms. The van der Waals surface area contributed by atoms with Gasteiger partial charge in [0.2, 0.25) is 0 Å². The van der Waals surface area contributed by atoms with E-state index in [2.05, 4.69) is 5.48 Å². The summed E-state index contributed by atoms with van der Waals surface area (Å²) in [4.78, 5) is 15.2. The zero-order valence-electron chi connectivity index (χ0n) is 9.18. The third-order valence-corrected chi connectivity index (χ3v) is 2.72. The van der Waals surface area contributed by atoms with Crippen LogP contribution in [-0.4, -0.2) is 36.3 Å². The smallest absolute Gasteiger partial charge is 0.324 e. The van der Waals surface area contributed by atoms with Crippen LogP contribution in [0, 0.1) is 0 Å². The van der Waals surface area contributed by atoms with Crippen LogP contribution in [0.1, 0.15) is 5.56 Å². The number of urea groups is 1. The van der Waals surface area contributed by atoms with Gasteiger partial charge in [-0.05, 0) is 17.7 Å². The lowest BCUT2D eigenvalue weighted by atomic mass is 10.2. The maximum absolute atomic E-state index is 11.8. The highest BCUT2D eigenvalue weighted by atomic mass is 16.5. The monoisotopic (exact) mass is 221 g/mol. The Hall–Kier alpha value is -1.59. The number of nitrogens with one attached hydrogen (secondary N) is 1. The van der Waals surface area contributed by atoms with Crippen LogP contribution >= 0.6 is 0 Å². The minimum Gasteiger partial charge on any atom is -0.326 e. The predicted octanol–water partition coefficient (Wildman–Crippen LogP) is 1.04. The molecule has 1 fully saturated rings. The third-order valence-electron chi connectivity index (χ3n) is 2.72. The summed E-state index contributed by atoms with van der Waals surface area (Å²) in [6.07, 6.45) is 0. The van der Waals surface area contributed by atoms with Crippen LogP contribution in [-0.2, 0) is 6.54 Å². The first kappa shape index (κ1) is 10.9. The SMILES string of the molecule is CN1CCN(c2cccc(CNO)c2)C1=O. The average Bonchev–Trinajstić information content (AvgIpc) is 2.61. The molecule has 16 heavy (non-hydrogen) atoms. The number of carbonyl (C=O) groups is 1. The van der Waals surface area contributed by atoms with Crippen molar-refractivity contribution in [3.8, 4) is 0 Å². The lowest BCUT2D eigenvalue weighted by molar-refractivity contribution is 0.161. The van der Waals surface area contributed by atoms with Crippen LogP contribution in [0.15, 0.2) is 24.3 Å². The highest BCUT2D eigenvalue weighted by molar-refractivity contribution is 5.93. The van der Waals surface area contributed by atoms with Gasteiger partial charge in [0.1, 0.15) is 0 Å². The van der Waals surface area contributed by atoms with E-state index in [-0.39, 0.29) is 6.03 Å². The van der Waals surface area contributed by atoms with E-state index >= 15 is 0 Å². The van der Waals surface area contributed by atoms with Crippen LogP contribution in [0.2, 0.25) is 0 Å². The van der Waals surface area contributed by atoms with Gasteiger partial charge < -0.3 is 10.1 Å². The Balaban J connectivity index is 2.20. The van der Waals surface area contributed by atoms with E-state index in [1.54, 1.807) is 16.8 Å². The summed E-state index contributed by atoms with van der Waals surface area (Å²) in [5.74, 6) is 0. The van der Waals surface area contributed by atoms with Crippen molar-refractivity contribution in [1.29, 1.82) is 0 Å². The molecule has 2 amide bonds. The van der Waals surface area contributed by atoms with E-state index in [0.717, 1.165) is 17.8 Å². The van der Waals surface area contributed by atoms with Crippen molar-refractivity contribution in [3.63, 3.8) is 0 Å². The van der Waals surface area contributed by atoms with Crippen LogP contribution in [0.25, 0.3) is 0 Å². The number of hydrogen-bond donors (Lipinski definition) is 2. The Bertz CT molecular complexity index is 395. The Morgan fingerprint density at radius 3 is 2.88 bits per heavy atom. The van der Waals surface area contributed by atoms with Crippen molar-refractivity contribution in [2.24, 2.45) is 0 Å². The molecule has 0 bridgehead atoms. The molecule has 2 N–H and O–H groups in total. The summed E-state index contributed by atoms with van der Waals surface area (Å²) in [7, 11) is 1.79. The topological polar surface area (TPSA) is 55.8 Å². The first-order valence-electron chi connectivity index (χ1n) is 5.21. The van der Waals surface area contributed by atoms with Crippen LogP contribution in [0.3, 0.4) is 0 Å². The lowest BCUT2D eigenvalue weighted by Crippen LogP contribution is -2.29. The second-order valence-electron chi connectivity index (χ2n) is 3.86. The van der Waals surface area contributed by atoms with Gasteiger partial charge in [0.25, 0.3) is 0 Å². The number of rotatable bonds is 3. The number of carbonyl (C=O) groups excluding carboxylic acids is 1. The van der Waals surface area contributed by atoms with E-state index in [1.807, 2.05) is 24.3 Å². The molecule has 0 radical (unpaired) electrons. The molecule has 86 valence electrons. The number of nitrogens with zero attached hydrogens (tertiary/aromatic N) is 2. The molecule has 0 atom stereocenters. The first-order chi connectivity index (χ1) is 7.72. The molecule has 0 aliphatic carbocycles. The molecule has 1 aromatic rings. The highest BCUT2D eigenvalue weighted by Crippen LogP contribution is 2.20. The average molecular weight is 221 g/mol. The van der Waals surface area contributed by atoms with Gasteiger partial charge in [-0.1, -0.05) is 12.1 Å². The lowest BCUT2D eigenvalue weighted by Gasteiger charge is -2.16. The highest BCUT2D eigenvalue weighted by Gasteiger charge is 2.26. The molecule has 5 heteroatoms. The second-order valence-corrected chi connectivity index (χ2v) is 3.86. The summed E-state index contributed by atoms with van der Waals surface area (Å²) >= 11 is 0. The second kappa shape index (κ2) is 4.51. The van der Waals surface area contributed by atoms with Gasteiger partial charge in [-0.2, -0.15) is 0 Å². The van der Waals surface area contributed by atoms with E-state index < -0.39 is 0 Å². The minimum absolute atomic E-state index is 0.0223. The van der Waals surface area contributed by atoms with Gasteiger partial charge >= 0.3 is 6.03 Å². The van der Waals surface area contributed by atoms with E-state index in [0.29, 0.717) is 13.1 Å². The minimum atomic E-state index is 0.0223. The molecule has 1 heterocycles. The third kappa shape index (κ3) is 2.00. The Kier molecular flexibility index (Phi) is 3.07. The van der Waals surface area contributed by atoms with Crippen molar-refractivity contribution in [1.82, 2.24) is 10.4 Å². The summed E-state index contributed by atoms with van der Waals surface area (Å²) in [5, 5.41) is 8.63. The summed E-state index contributed by atoms with van der Waals surface area (Å²) in [6.45, 7) is 1.85. The number of likely N-dealkylation sites (N-methyl/N-ethyl adjacent to an activating group) is 1. The van der Waals surface area contributed by atoms with Crippen molar-refractivity contribution in [2.45, 2.75) is 6.54 Å². The van der Waals surface area contributed by atoms with E-state index in [1.165, 1.54) is 0 Å². The van der Waals surface area contributed by atoms with Gasteiger partial charge in [0.15, 0.2) is 0 Å². The molecular formula is C11H15N3O2. The molecule has 5 nitrogen and oxygen atoms in total. The van der Waals surface area contributed by atoms with E-state index in [9.17, 15) is 4.79 Å². The van der Waals surface area contributed by atoms with Gasteiger partial charge in [-0.15, -0.1) is 0 Å². The van der Waals surface area contributed by atoms with Crippen LogP contribution < -0.4 is 10.4 Å². The first-order valence-corrected chi connectivity index (χ1v) is 5.21. The Morgan fingerprint density at radius 2 is 2.25 bits per heavy atom. The predicted molar refractivity (Wildman–Crippen MR) is 60.4 cm³/mol. The van der Waals surface area contributed by atoms with Crippen molar-refractivity contribution in [3.05, 3.63) is 29.8 Å². The number of hydroxylamine groups is 1. The largest absolute Gasteiger partial charge is 0.326 e. The van der Waals surface area contributed by atoms with Gasteiger partial charge in [0.05, 0.1) is 0 Å². The Labute approximate surface area is 94.2 Å². The molecule has 1 aromatic carbocycles. The normalized spacial score (nSPS) is 16.0. The molecule has 1 aliphatic heterocycles. The van der Waals surface area contributed by atoms with Gasteiger partial charge in [-0.25, -0.2) is 10.3 Å². The van der Waals surface area contributed by atoms with Gasteiger partial charge in [-0.3, -0.25) is 4.90 Å². The zero-order valence-corrected chi connectivity index (χ0v) is 9.18. The van der Waals surface area contributed by atoms with Crippen molar-refractivity contribution >= 4 is 11.7 Å². The zero-order chi connectivity index (χ0) is 11.5. The van der Waals surface area contributed by atoms with Crippen molar-refractivity contribution < 1.29 is 10.0 Å². The number of amides is 2. The maximum Gasteiger partial charge on any atom is 0.324 e. The molecular weight excluding hydrogens is 206 g/mol. The number of benzene rings is 1. The number of hydrogen-bond acceptors (Lipinski definition) is 3. The van der Waals surface area contributed by atoms with E-state index in [4.69, 9.17) is 5.21 Å². The number of anilines is 1. The Morgan fingerprint density at radius 1 is 1.44 bits per heavy atom. The standard InChI is InChI=1S/C11H15N3O2/c1-13-5-6-14(11(13)15)10-4-2-3-9(7-10)8-12-16/h2-4,7,12,16H,5-6,8H2,1H3. The van der Waals surface area contributed by atoms with Crippen molar-refractivity contribution in [2.75, 3.05) is 25.0 Å².